The number of anilines is 1. The van der Waals surface area contributed by atoms with Crippen LogP contribution in [0.3, 0.4) is 0 Å². The molecule has 2 rings (SSSR count). The highest BCUT2D eigenvalue weighted by Gasteiger charge is 2.26. The molecule has 0 spiro atoms. The predicted molar refractivity (Wildman–Crippen MR) is 73.7 cm³/mol. The predicted octanol–water partition coefficient (Wildman–Crippen LogP) is 2.24. The molecule has 1 saturated heterocycles. The normalized spacial score (nSPS) is 23.8. The first-order valence-electron chi connectivity index (χ1n) is 6.51. The van der Waals surface area contributed by atoms with Gasteiger partial charge in [-0.25, -0.2) is 8.42 Å². The summed E-state index contributed by atoms with van der Waals surface area (Å²) in [6, 6.07) is 6.23. The summed E-state index contributed by atoms with van der Waals surface area (Å²) in [6.07, 6.45) is 1.94. The lowest BCUT2D eigenvalue weighted by atomic mass is 10.0. The van der Waals surface area contributed by atoms with E-state index >= 15 is 0 Å². The molecular weight excluding hydrogens is 286 g/mol. The molecule has 20 heavy (non-hydrogen) atoms. The lowest BCUT2D eigenvalue weighted by Crippen LogP contribution is -2.41. The smallest absolute Gasteiger partial charge is 0.341 e. The van der Waals surface area contributed by atoms with Gasteiger partial charge in [-0.05, 0) is 50.6 Å². The number of piperidine rings is 1. The molecule has 1 aromatic rings. The number of sulfone groups is 1. The van der Waals surface area contributed by atoms with E-state index < -0.39 is 15.6 Å². The Labute approximate surface area is 117 Å². The van der Waals surface area contributed by atoms with Crippen molar-refractivity contribution in [1.82, 2.24) is 5.32 Å². The maximum Gasteiger partial charge on any atom is 0.341 e. The van der Waals surface area contributed by atoms with Crippen LogP contribution in [0.2, 0.25) is 0 Å². The Bertz CT molecular complexity index is 546. The van der Waals surface area contributed by atoms with E-state index in [2.05, 4.69) is 17.6 Å². The fraction of sp³-hybridized carbons (Fsp3) is 0.538. The number of hydrogen-bond acceptors (Lipinski definition) is 4. The second-order valence-electron chi connectivity index (χ2n) is 5.05. The van der Waals surface area contributed by atoms with Gasteiger partial charge in [0.25, 0.3) is 0 Å². The highest BCUT2D eigenvalue weighted by Crippen LogP contribution is 2.22. The monoisotopic (exact) mass is 304 g/mol. The summed E-state index contributed by atoms with van der Waals surface area (Å²) in [5.41, 5.74) is 0.748. The van der Waals surface area contributed by atoms with Gasteiger partial charge in [0.15, 0.2) is 0 Å². The van der Waals surface area contributed by atoms with Crippen molar-refractivity contribution < 1.29 is 17.2 Å². The summed E-state index contributed by atoms with van der Waals surface area (Å²) >= 11 is 0. The molecule has 2 unspecified atom stereocenters. The molecule has 0 bridgehead atoms. The van der Waals surface area contributed by atoms with Crippen molar-refractivity contribution in [1.29, 1.82) is 0 Å². The van der Waals surface area contributed by atoms with Crippen molar-refractivity contribution in [2.75, 3.05) is 11.9 Å². The minimum Gasteiger partial charge on any atom is -0.382 e. The number of benzene rings is 1. The van der Waals surface area contributed by atoms with Crippen molar-refractivity contribution in [3.05, 3.63) is 24.3 Å². The van der Waals surface area contributed by atoms with Crippen LogP contribution in [0.4, 0.5) is 14.5 Å². The first-order valence-corrected chi connectivity index (χ1v) is 8.06. The van der Waals surface area contributed by atoms with E-state index in [1.807, 2.05) is 0 Å². The van der Waals surface area contributed by atoms with Crippen LogP contribution in [0.15, 0.2) is 29.2 Å². The fourth-order valence-electron chi connectivity index (χ4n) is 2.34. The average Bonchev–Trinajstić information content (AvgIpc) is 2.39. The molecule has 112 valence electrons. The van der Waals surface area contributed by atoms with Crippen LogP contribution in [-0.4, -0.2) is 32.8 Å². The molecule has 1 heterocycles. The topological polar surface area (TPSA) is 58.2 Å². The number of hydrogen-bond donors (Lipinski definition) is 2. The zero-order chi connectivity index (χ0) is 14.8. The molecule has 7 heteroatoms. The minimum atomic E-state index is -4.51. The Balaban J connectivity index is 2.05. The van der Waals surface area contributed by atoms with E-state index in [0.29, 0.717) is 12.1 Å². The molecule has 0 aliphatic carbocycles. The number of rotatable bonds is 4. The van der Waals surface area contributed by atoms with Gasteiger partial charge in [-0.1, -0.05) is 0 Å². The van der Waals surface area contributed by atoms with Crippen LogP contribution in [0, 0.1) is 0 Å². The van der Waals surface area contributed by atoms with Gasteiger partial charge in [0.2, 0.25) is 9.84 Å². The van der Waals surface area contributed by atoms with Crippen LogP contribution in [-0.2, 0) is 9.84 Å². The summed E-state index contributed by atoms with van der Waals surface area (Å²) in [5, 5.41) is 6.63. The number of halogens is 2. The Morgan fingerprint density at radius 2 is 1.95 bits per heavy atom. The lowest BCUT2D eigenvalue weighted by Gasteiger charge is -2.29. The summed E-state index contributed by atoms with van der Waals surface area (Å²) in [6.45, 7) is 3.03. The molecule has 2 atom stereocenters. The maximum absolute atomic E-state index is 12.4. The maximum atomic E-state index is 12.4. The largest absolute Gasteiger partial charge is 0.382 e. The molecule has 0 radical (unpaired) electrons. The SMILES string of the molecule is CC1CC(Nc2ccc(S(=O)(=O)C(F)F)cc2)CCN1. The highest BCUT2D eigenvalue weighted by molar-refractivity contribution is 7.91. The van der Waals surface area contributed by atoms with Crippen molar-refractivity contribution in [3.8, 4) is 0 Å². The molecule has 0 saturated carbocycles. The molecule has 1 fully saturated rings. The minimum absolute atomic E-state index is 0.309. The number of nitrogens with one attached hydrogen (secondary N) is 2. The summed E-state index contributed by atoms with van der Waals surface area (Å²) in [7, 11) is -4.51. The molecular formula is C13H18F2N2O2S. The highest BCUT2D eigenvalue weighted by atomic mass is 32.2. The van der Waals surface area contributed by atoms with Crippen molar-refractivity contribution in [2.24, 2.45) is 0 Å². The molecule has 1 aliphatic heterocycles. The van der Waals surface area contributed by atoms with Crippen LogP contribution in [0.5, 0.6) is 0 Å². The average molecular weight is 304 g/mol. The number of alkyl halides is 2. The third kappa shape index (κ3) is 3.46. The van der Waals surface area contributed by atoms with Gasteiger partial charge in [-0.15, -0.1) is 0 Å². The standard InChI is InChI=1S/C13H18F2N2O2S/c1-9-8-11(6-7-16-9)17-10-2-4-12(5-3-10)20(18,19)13(14)15/h2-5,9,11,13,16-17H,6-8H2,1H3. The Hall–Kier alpha value is -1.21. The fourth-order valence-corrected chi connectivity index (χ4v) is 3.06. The Morgan fingerprint density at radius 3 is 2.50 bits per heavy atom. The second kappa shape index (κ2) is 6.05. The van der Waals surface area contributed by atoms with Gasteiger partial charge in [0.05, 0.1) is 4.90 Å². The van der Waals surface area contributed by atoms with Gasteiger partial charge in [0.1, 0.15) is 0 Å². The van der Waals surface area contributed by atoms with Gasteiger partial charge < -0.3 is 10.6 Å². The zero-order valence-corrected chi connectivity index (χ0v) is 12.0. The van der Waals surface area contributed by atoms with E-state index in [0.717, 1.165) is 25.1 Å². The van der Waals surface area contributed by atoms with Crippen LogP contribution >= 0.6 is 0 Å². The second-order valence-corrected chi connectivity index (χ2v) is 6.97. The van der Waals surface area contributed by atoms with E-state index in [4.69, 9.17) is 0 Å². The van der Waals surface area contributed by atoms with Crippen molar-refractivity contribution in [3.63, 3.8) is 0 Å². The quantitative estimate of drug-likeness (QED) is 0.895. The first kappa shape index (κ1) is 15.2. The van der Waals surface area contributed by atoms with Crippen LogP contribution in [0.1, 0.15) is 19.8 Å². The molecule has 0 amide bonds. The third-order valence-electron chi connectivity index (χ3n) is 3.41. The van der Waals surface area contributed by atoms with E-state index in [9.17, 15) is 17.2 Å². The van der Waals surface area contributed by atoms with E-state index in [-0.39, 0.29) is 4.90 Å². The molecule has 1 aliphatic rings. The Kier molecular flexibility index (Phi) is 4.59. The molecule has 0 aromatic heterocycles. The van der Waals surface area contributed by atoms with Crippen LogP contribution in [0.25, 0.3) is 0 Å². The first-order chi connectivity index (χ1) is 9.39. The van der Waals surface area contributed by atoms with Gasteiger partial charge >= 0.3 is 5.76 Å². The van der Waals surface area contributed by atoms with Crippen molar-refractivity contribution in [2.45, 2.75) is 42.5 Å². The summed E-state index contributed by atoms with van der Waals surface area (Å²) in [4.78, 5) is -0.350. The summed E-state index contributed by atoms with van der Waals surface area (Å²) in [5.74, 6) is -3.38. The van der Waals surface area contributed by atoms with Gasteiger partial charge in [0, 0.05) is 17.8 Å². The van der Waals surface area contributed by atoms with E-state index in [1.165, 1.54) is 24.3 Å². The summed E-state index contributed by atoms with van der Waals surface area (Å²) < 4.78 is 47.4. The van der Waals surface area contributed by atoms with E-state index in [1.54, 1.807) is 0 Å². The molecule has 2 N–H and O–H groups in total. The Morgan fingerprint density at radius 1 is 1.30 bits per heavy atom. The molecule has 4 nitrogen and oxygen atoms in total. The lowest BCUT2D eigenvalue weighted by molar-refractivity contribution is 0.234. The van der Waals surface area contributed by atoms with Gasteiger partial charge in [-0.2, -0.15) is 8.78 Å². The van der Waals surface area contributed by atoms with Gasteiger partial charge in [-0.3, -0.25) is 0 Å². The molecule has 1 aromatic carbocycles. The van der Waals surface area contributed by atoms with Crippen LogP contribution < -0.4 is 10.6 Å². The third-order valence-corrected chi connectivity index (χ3v) is 4.81. The zero-order valence-electron chi connectivity index (χ0n) is 11.1. The van der Waals surface area contributed by atoms with Crippen molar-refractivity contribution >= 4 is 15.5 Å².